The van der Waals surface area contributed by atoms with Gasteiger partial charge in [-0.25, -0.2) is 4.79 Å². The van der Waals surface area contributed by atoms with Gasteiger partial charge >= 0.3 is 5.97 Å². The third-order valence-corrected chi connectivity index (χ3v) is 6.70. The molecule has 4 saturated carbocycles. The van der Waals surface area contributed by atoms with Crippen molar-refractivity contribution in [1.82, 2.24) is 5.32 Å². The Labute approximate surface area is 145 Å². The SMILES string of the molecule is COC(=O)c1ccc(CNCCC23CC4CC(CC(C4)C2)C3)cc1. The lowest BCUT2D eigenvalue weighted by molar-refractivity contribution is -0.0567. The molecular formula is C21H29NO2. The summed E-state index contributed by atoms with van der Waals surface area (Å²) in [5, 5.41) is 3.62. The number of carbonyl (C=O) groups excluding carboxylic acids is 1. The largest absolute Gasteiger partial charge is 0.465 e. The Morgan fingerprint density at radius 3 is 2.21 bits per heavy atom. The van der Waals surface area contributed by atoms with Crippen molar-refractivity contribution in [2.24, 2.45) is 23.2 Å². The van der Waals surface area contributed by atoms with E-state index in [9.17, 15) is 4.79 Å². The fourth-order valence-electron chi connectivity index (χ4n) is 6.06. The van der Waals surface area contributed by atoms with Gasteiger partial charge in [0.2, 0.25) is 0 Å². The van der Waals surface area contributed by atoms with Crippen LogP contribution in [0, 0.1) is 23.2 Å². The predicted octanol–water partition coefficient (Wildman–Crippen LogP) is 4.17. The van der Waals surface area contributed by atoms with Crippen molar-refractivity contribution in [1.29, 1.82) is 0 Å². The molecule has 4 fully saturated rings. The second-order valence-corrected chi connectivity index (χ2v) is 8.53. The van der Waals surface area contributed by atoms with Crippen molar-refractivity contribution in [2.75, 3.05) is 13.7 Å². The lowest BCUT2D eigenvalue weighted by Gasteiger charge is -2.57. The van der Waals surface area contributed by atoms with E-state index in [4.69, 9.17) is 4.74 Å². The zero-order valence-corrected chi connectivity index (χ0v) is 14.7. The number of esters is 1. The zero-order chi connectivity index (χ0) is 16.6. The number of rotatable bonds is 6. The monoisotopic (exact) mass is 327 g/mol. The van der Waals surface area contributed by atoms with Gasteiger partial charge in [-0.3, -0.25) is 0 Å². The molecule has 5 rings (SSSR count). The summed E-state index contributed by atoms with van der Waals surface area (Å²) < 4.78 is 4.74. The van der Waals surface area contributed by atoms with E-state index < -0.39 is 0 Å². The summed E-state index contributed by atoms with van der Waals surface area (Å²) in [4.78, 5) is 11.5. The first-order valence-electron chi connectivity index (χ1n) is 9.54. The van der Waals surface area contributed by atoms with Gasteiger partial charge in [0.25, 0.3) is 0 Å². The molecule has 1 aromatic carbocycles. The molecule has 0 heterocycles. The number of ether oxygens (including phenoxy) is 1. The van der Waals surface area contributed by atoms with Crippen LogP contribution in [0.15, 0.2) is 24.3 Å². The summed E-state index contributed by atoms with van der Waals surface area (Å²) in [6.45, 7) is 2.00. The summed E-state index contributed by atoms with van der Waals surface area (Å²) in [7, 11) is 1.42. The second kappa shape index (κ2) is 6.51. The molecule has 130 valence electrons. The van der Waals surface area contributed by atoms with Crippen LogP contribution in [0.2, 0.25) is 0 Å². The van der Waals surface area contributed by atoms with Crippen LogP contribution in [-0.2, 0) is 11.3 Å². The Hall–Kier alpha value is -1.35. The van der Waals surface area contributed by atoms with Crippen molar-refractivity contribution in [3.8, 4) is 0 Å². The molecule has 0 saturated heterocycles. The van der Waals surface area contributed by atoms with Crippen molar-refractivity contribution < 1.29 is 9.53 Å². The number of hydrogen-bond acceptors (Lipinski definition) is 3. The van der Waals surface area contributed by atoms with Crippen molar-refractivity contribution >= 4 is 5.97 Å². The highest BCUT2D eigenvalue weighted by atomic mass is 16.5. The van der Waals surface area contributed by atoms with E-state index in [0.717, 1.165) is 30.8 Å². The summed E-state index contributed by atoms with van der Waals surface area (Å²) >= 11 is 0. The average Bonchev–Trinajstić information content (AvgIpc) is 2.57. The smallest absolute Gasteiger partial charge is 0.337 e. The van der Waals surface area contributed by atoms with Gasteiger partial charge in [0, 0.05) is 6.54 Å². The molecule has 4 bridgehead atoms. The van der Waals surface area contributed by atoms with Gasteiger partial charge in [0.05, 0.1) is 12.7 Å². The lowest BCUT2D eigenvalue weighted by Crippen LogP contribution is -2.47. The molecule has 0 aliphatic heterocycles. The molecular weight excluding hydrogens is 298 g/mol. The van der Waals surface area contributed by atoms with Crippen LogP contribution in [0.1, 0.15) is 60.9 Å². The third-order valence-electron chi connectivity index (χ3n) is 6.70. The maximum Gasteiger partial charge on any atom is 0.337 e. The standard InChI is InChI=1S/C21H29NO2/c1-24-20(23)19-4-2-15(3-5-19)14-22-7-6-21-11-16-8-17(12-21)10-18(9-16)13-21/h2-5,16-18,22H,6-14H2,1H3. The van der Waals surface area contributed by atoms with Gasteiger partial charge in [-0.05, 0) is 92.4 Å². The van der Waals surface area contributed by atoms with Gasteiger partial charge in [0.15, 0.2) is 0 Å². The van der Waals surface area contributed by atoms with Gasteiger partial charge in [-0.15, -0.1) is 0 Å². The summed E-state index contributed by atoms with van der Waals surface area (Å²) in [6.07, 6.45) is 10.4. The summed E-state index contributed by atoms with van der Waals surface area (Å²) in [5.74, 6) is 2.86. The fourth-order valence-corrected chi connectivity index (χ4v) is 6.06. The molecule has 4 aliphatic rings. The minimum Gasteiger partial charge on any atom is -0.465 e. The molecule has 1 aromatic rings. The van der Waals surface area contributed by atoms with Gasteiger partial charge in [-0.2, -0.15) is 0 Å². The van der Waals surface area contributed by atoms with Crippen molar-refractivity contribution in [3.05, 3.63) is 35.4 Å². The van der Waals surface area contributed by atoms with Crippen LogP contribution in [0.4, 0.5) is 0 Å². The minimum atomic E-state index is -0.267. The maximum atomic E-state index is 11.5. The molecule has 4 aliphatic carbocycles. The average molecular weight is 327 g/mol. The van der Waals surface area contributed by atoms with Crippen LogP contribution in [0.5, 0.6) is 0 Å². The molecule has 0 amide bonds. The van der Waals surface area contributed by atoms with Gasteiger partial charge < -0.3 is 10.1 Å². The van der Waals surface area contributed by atoms with Gasteiger partial charge in [-0.1, -0.05) is 12.1 Å². The highest BCUT2D eigenvalue weighted by Crippen LogP contribution is 2.61. The number of methoxy groups -OCH3 is 1. The summed E-state index contributed by atoms with van der Waals surface area (Å²) in [5.41, 5.74) is 2.51. The predicted molar refractivity (Wildman–Crippen MR) is 94.7 cm³/mol. The topological polar surface area (TPSA) is 38.3 Å². The second-order valence-electron chi connectivity index (χ2n) is 8.53. The Kier molecular flexibility index (Phi) is 4.38. The Morgan fingerprint density at radius 2 is 1.67 bits per heavy atom. The minimum absolute atomic E-state index is 0.267. The first kappa shape index (κ1) is 16.1. The molecule has 0 spiro atoms. The Bertz CT molecular complexity index is 557. The molecule has 3 nitrogen and oxygen atoms in total. The van der Waals surface area contributed by atoms with E-state index in [1.807, 2.05) is 24.3 Å². The normalized spacial score (nSPS) is 33.6. The Balaban J connectivity index is 1.25. The molecule has 24 heavy (non-hydrogen) atoms. The van der Waals surface area contributed by atoms with E-state index in [1.165, 1.54) is 57.6 Å². The van der Waals surface area contributed by atoms with Crippen molar-refractivity contribution in [2.45, 2.75) is 51.5 Å². The zero-order valence-electron chi connectivity index (χ0n) is 14.7. The van der Waals surface area contributed by atoms with Crippen LogP contribution < -0.4 is 5.32 Å². The van der Waals surface area contributed by atoms with E-state index in [1.54, 1.807) is 0 Å². The van der Waals surface area contributed by atoms with Crippen LogP contribution >= 0.6 is 0 Å². The van der Waals surface area contributed by atoms with Gasteiger partial charge in [0.1, 0.15) is 0 Å². The highest BCUT2D eigenvalue weighted by Gasteiger charge is 2.50. The maximum absolute atomic E-state index is 11.5. The van der Waals surface area contributed by atoms with Crippen molar-refractivity contribution in [3.63, 3.8) is 0 Å². The quantitative estimate of drug-likeness (QED) is 0.629. The first-order valence-corrected chi connectivity index (χ1v) is 9.54. The molecule has 3 heteroatoms. The molecule has 0 atom stereocenters. The van der Waals surface area contributed by atoms with E-state index in [2.05, 4.69) is 5.32 Å². The molecule has 0 unspecified atom stereocenters. The third kappa shape index (κ3) is 3.23. The first-order chi connectivity index (χ1) is 11.7. The fraction of sp³-hybridized carbons (Fsp3) is 0.667. The molecule has 0 radical (unpaired) electrons. The van der Waals surface area contributed by atoms with Crippen LogP contribution in [-0.4, -0.2) is 19.6 Å². The van der Waals surface area contributed by atoms with Crippen LogP contribution in [0.25, 0.3) is 0 Å². The van der Waals surface area contributed by atoms with E-state index in [-0.39, 0.29) is 5.97 Å². The number of benzene rings is 1. The lowest BCUT2D eigenvalue weighted by atomic mass is 9.49. The van der Waals surface area contributed by atoms with Crippen LogP contribution in [0.3, 0.4) is 0 Å². The Morgan fingerprint density at radius 1 is 1.08 bits per heavy atom. The molecule has 0 aromatic heterocycles. The van der Waals surface area contributed by atoms with E-state index in [0.29, 0.717) is 11.0 Å². The van der Waals surface area contributed by atoms with E-state index >= 15 is 0 Å². The highest BCUT2D eigenvalue weighted by molar-refractivity contribution is 5.89. The number of nitrogens with one attached hydrogen (secondary N) is 1. The number of carbonyl (C=O) groups is 1. The molecule has 1 N–H and O–H groups in total. The number of hydrogen-bond donors (Lipinski definition) is 1. The summed E-state index contributed by atoms with van der Waals surface area (Å²) in [6, 6.07) is 7.73.